The maximum atomic E-state index is 4.99. The Labute approximate surface area is 280 Å². The average Bonchev–Trinajstić information content (AvgIpc) is 3.18. The SMILES string of the molecule is C1=CC(c2nc(-c3ccccc3)nc(-c3ccccc3)n2)=CN2B1c1ccc(-c3ccc(-c4ccccc4)cc3)cc1-c1ccccc12. The molecular formula is C43H29BN4. The number of nitrogens with zero attached hydrogens (tertiary/aromatic N) is 4. The Bertz CT molecular complexity index is 2280. The standard InChI is InChI=1S/C43H29BN4/c1-4-12-30(13-5-1)31-20-22-32(23-21-31)35-24-25-39-38(28-35)37-18-10-11-19-40(37)48-29-36(26-27-44(39)48)43-46-41(33-14-6-2-7-15-33)45-42(47-43)34-16-8-3-9-17-34/h1-29H. The van der Waals surface area contributed by atoms with Crippen LogP contribution in [0.5, 0.6) is 0 Å². The minimum absolute atomic E-state index is 0.0529. The van der Waals surface area contributed by atoms with Gasteiger partial charge >= 0.3 is 6.85 Å². The number of hydrogen-bond acceptors (Lipinski definition) is 4. The van der Waals surface area contributed by atoms with Crippen LogP contribution in [-0.4, -0.2) is 21.8 Å². The molecule has 5 heteroatoms. The molecule has 0 N–H and O–H groups in total. The van der Waals surface area contributed by atoms with Crippen LogP contribution < -0.4 is 10.3 Å². The van der Waals surface area contributed by atoms with Crippen LogP contribution in [0.2, 0.25) is 0 Å². The van der Waals surface area contributed by atoms with Crippen molar-refractivity contribution < 1.29 is 0 Å². The van der Waals surface area contributed by atoms with Crippen LogP contribution in [0.1, 0.15) is 5.82 Å². The number of allylic oxidation sites excluding steroid dienone is 2. The summed E-state index contributed by atoms with van der Waals surface area (Å²) in [5.41, 5.74) is 12.6. The fraction of sp³-hybridized carbons (Fsp3) is 0. The molecule has 0 bridgehead atoms. The molecule has 2 aliphatic heterocycles. The van der Waals surface area contributed by atoms with Crippen molar-refractivity contribution in [1.29, 1.82) is 0 Å². The molecule has 7 aromatic rings. The molecule has 0 aliphatic carbocycles. The van der Waals surface area contributed by atoms with Gasteiger partial charge < -0.3 is 4.81 Å². The maximum absolute atomic E-state index is 4.99. The van der Waals surface area contributed by atoms with Crippen molar-refractivity contribution in [3.05, 3.63) is 182 Å². The predicted molar refractivity (Wildman–Crippen MR) is 198 cm³/mol. The summed E-state index contributed by atoms with van der Waals surface area (Å²) in [4.78, 5) is 17.2. The molecule has 6 aromatic carbocycles. The number of anilines is 1. The summed E-state index contributed by atoms with van der Waals surface area (Å²) in [7, 11) is 0. The summed E-state index contributed by atoms with van der Waals surface area (Å²) in [6.45, 7) is 0.0529. The van der Waals surface area contributed by atoms with E-state index in [1.165, 1.54) is 38.8 Å². The van der Waals surface area contributed by atoms with Gasteiger partial charge in [-0.25, -0.2) is 15.0 Å². The zero-order chi connectivity index (χ0) is 31.9. The van der Waals surface area contributed by atoms with E-state index < -0.39 is 0 Å². The van der Waals surface area contributed by atoms with Crippen LogP contribution in [0.3, 0.4) is 0 Å². The van der Waals surface area contributed by atoms with Crippen molar-refractivity contribution in [2.75, 3.05) is 4.81 Å². The monoisotopic (exact) mass is 612 g/mol. The molecule has 0 amide bonds. The summed E-state index contributed by atoms with van der Waals surface area (Å²) in [6.07, 6.45) is 4.36. The lowest BCUT2D eigenvalue weighted by Gasteiger charge is -2.37. The molecule has 224 valence electrons. The normalized spacial score (nSPS) is 13.0. The van der Waals surface area contributed by atoms with E-state index in [1.54, 1.807) is 0 Å². The molecule has 4 nitrogen and oxygen atoms in total. The molecule has 2 aliphatic rings. The van der Waals surface area contributed by atoms with Crippen molar-refractivity contribution in [2.45, 2.75) is 0 Å². The van der Waals surface area contributed by atoms with Crippen molar-refractivity contribution in [1.82, 2.24) is 15.0 Å². The van der Waals surface area contributed by atoms with Gasteiger partial charge in [-0.3, -0.25) is 0 Å². The number of benzene rings is 6. The highest BCUT2D eigenvalue weighted by Gasteiger charge is 2.34. The number of hydrogen-bond donors (Lipinski definition) is 0. The first-order valence-corrected chi connectivity index (χ1v) is 16.2. The highest BCUT2D eigenvalue weighted by Crippen LogP contribution is 2.40. The van der Waals surface area contributed by atoms with Gasteiger partial charge in [0, 0.05) is 34.2 Å². The van der Waals surface area contributed by atoms with Gasteiger partial charge in [0.2, 0.25) is 0 Å². The smallest absolute Gasteiger partial charge is 0.320 e. The molecule has 0 saturated carbocycles. The molecule has 48 heavy (non-hydrogen) atoms. The number of fused-ring (bicyclic) bond motifs is 6. The zero-order valence-corrected chi connectivity index (χ0v) is 26.1. The second-order valence-electron chi connectivity index (χ2n) is 12.1. The topological polar surface area (TPSA) is 41.9 Å². The Morgan fingerprint density at radius 1 is 0.417 bits per heavy atom. The molecule has 0 unspecified atom stereocenters. The van der Waals surface area contributed by atoms with Crippen LogP contribution in [0, 0.1) is 0 Å². The van der Waals surface area contributed by atoms with Gasteiger partial charge in [0.25, 0.3) is 0 Å². The quantitative estimate of drug-likeness (QED) is 0.182. The van der Waals surface area contributed by atoms with Gasteiger partial charge in [-0.1, -0.05) is 158 Å². The first-order chi connectivity index (χ1) is 23.8. The van der Waals surface area contributed by atoms with Crippen LogP contribution in [0.15, 0.2) is 176 Å². The fourth-order valence-corrected chi connectivity index (χ4v) is 6.74. The second-order valence-corrected chi connectivity index (χ2v) is 12.1. The molecule has 0 saturated heterocycles. The first-order valence-electron chi connectivity index (χ1n) is 16.2. The van der Waals surface area contributed by atoms with Crippen molar-refractivity contribution >= 4 is 23.6 Å². The van der Waals surface area contributed by atoms with Gasteiger partial charge in [0.05, 0.1) is 0 Å². The highest BCUT2D eigenvalue weighted by molar-refractivity contribution is 6.84. The lowest BCUT2D eigenvalue weighted by molar-refractivity contribution is 1.04. The van der Waals surface area contributed by atoms with E-state index >= 15 is 0 Å². The molecule has 9 rings (SSSR count). The Morgan fingerprint density at radius 2 is 0.917 bits per heavy atom. The second kappa shape index (κ2) is 11.8. The van der Waals surface area contributed by atoms with E-state index in [0.29, 0.717) is 17.5 Å². The summed E-state index contributed by atoms with van der Waals surface area (Å²) >= 11 is 0. The Morgan fingerprint density at radius 3 is 1.56 bits per heavy atom. The van der Waals surface area contributed by atoms with Gasteiger partial charge in [-0.15, -0.1) is 0 Å². The number of para-hydroxylation sites is 1. The van der Waals surface area contributed by atoms with Crippen LogP contribution >= 0.6 is 0 Å². The first kappa shape index (κ1) is 27.9. The Kier molecular flexibility index (Phi) is 6.87. The molecule has 0 radical (unpaired) electrons. The predicted octanol–water partition coefficient (Wildman–Crippen LogP) is 9.38. The van der Waals surface area contributed by atoms with Crippen molar-refractivity contribution in [2.24, 2.45) is 0 Å². The van der Waals surface area contributed by atoms with Crippen LogP contribution in [0.4, 0.5) is 5.69 Å². The van der Waals surface area contributed by atoms with E-state index in [9.17, 15) is 0 Å². The van der Waals surface area contributed by atoms with Gasteiger partial charge in [-0.05, 0) is 45.4 Å². The molecule has 3 heterocycles. The van der Waals surface area contributed by atoms with E-state index in [0.717, 1.165) is 22.4 Å². The largest absolute Gasteiger partial charge is 0.382 e. The number of aromatic nitrogens is 3. The summed E-state index contributed by atoms with van der Waals surface area (Å²) in [6, 6.07) is 55.2. The molecule has 0 spiro atoms. The lowest BCUT2D eigenvalue weighted by Crippen LogP contribution is -2.49. The third-order valence-electron chi connectivity index (χ3n) is 9.16. The van der Waals surface area contributed by atoms with Crippen molar-refractivity contribution in [3.63, 3.8) is 0 Å². The summed E-state index contributed by atoms with van der Waals surface area (Å²) in [5.74, 6) is 4.23. The number of rotatable bonds is 5. The fourth-order valence-electron chi connectivity index (χ4n) is 6.74. The lowest BCUT2D eigenvalue weighted by atomic mass is 9.49. The minimum atomic E-state index is 0.0529. The van der Waals surface area contributed by atoms with Gasteiger partial charge in [-0.2, -0.15) is 0 Å². The Balaban J connectivity index is 1.10. The average molecular weight is 613 g/mol. The zero-order valence-electron chi connectivity index (χ0n) is 26.1. The maximum Gasteiger partial charge on any atom is 0.320 e. The van der Waals surface area contributed by atoms with Crippen LogP contribution in [-0.2, 0) is 0 Å². The van der Waals surface area contributed by atoms with E-state index in [4.69, 9.17) is 15.0 Å². The van der Waals surface area contributed by atoms with Crippen molar-refractivity contribution in [3.8, 4) is 56.2 Å². The molecule has 1 aromatic heterocycles. The van der Waals surface area contributed by atoms with E-state index in [2.05, 4.69) is 120 Å². The summed E-state index contributed by atoms with van der Waals surface area (Å²) in [5, 5.41) is 0. The third kappa shape index (κ3) is 5.02. The van der Waals surface area contributed by atoms with E-state index in [1.807, 2.05) is 60.7 Å². The molecule has 0 atom stereocenters. The van der Waals surface area contributed by atoms with Gasteiger partial charge in [0.1, 0.15) is 0 Å². The minimum Gasteiger partial charge on any atom is -0.382 e. The third-order valence-corrected chi connectivity index (χ3v) is 9.16. The Hall–Kier alpha value is -6.33. The van der Waals surface area contributed by atoms with Crippen LogP contribution in [0.25, 0.3) is 61.7 Å². The highest BCUT2D eigenvalue weighted by atomic mass is 15.1. The van der Waals surface area contributed by atoms with E-state index in [-0.39, 0.29) is 6.85 Å². The molecular weight excluding hydrogens is 583 g/mol. The summed E-state index contributed by atoms with van der Waals surface area (Å²) < 4.78 is 0. The van der Waals surface area contributed by atoms with Gasteiger partial charge in [0.15, 0.2) is 17.5 Å². The molecule has 0 fully saturated rings.